The fraction of sp³-hybridized carbons (Fsp3) is 0.348. The highest BCUT2D eigenvalue weighted by Gasteiger charge is 2.25. The highest BCUT2D eigenvalue weighted by Crippen LogP contribution is 2.14. The number of ether oxygens (including phenoxy) is 1. The molecule has 2 aromatic carbocycles. The Kier molecular flexibility index (Phi) is 11.4. The predicted octanol–water partition coefficient (Wildman–Crippen LogP) is 1.87. The van der Waals surface area contributed by atoms with Crippen LogP contribution in [0.2, 0.25) is 0 Å². The maximum absolute atomic E-state index is 12.7. The van der Waals surface area contributed by atoms with E-state index in [9.17, 15) is 14.7 Å². The van der Waals surface area contributed by atoms with Gasteiger partial charge in [0.25, 0.3) is 0 Å². The monoisotopic (exact) mass is 582 g/mol. The molecular weight excluding hydrogens is 551 g/mol. The third-order valence-corrected chi connectivity index (χ3v) is 5.49. The largest absolute Gasteiger partial charge is 0.445 e. The lowest BCUT2D eigenvalue weighted by Crippen LogP contribution is -2.53. The Hall–Kier alpha value is -3.06. The van der Waals surface area contributed by atoms with Crippen molar-refractivity contribution < 1.29 is 19.4 Å². The van der Waals surface area contributed by atoms with Crippen LogP contribution in [0.4, 0.5) is 10.5 Å². The van der Waals surface area contributed by atoms with Crippen LogP contribution in [0.25, 0.3) is 0 Å². The molecule has 2 rings (SSSR count). The molecule has 3 atom stereocenters. The highest BCUT2D eigenvalue weighted by atomic mass is 127. The molecule has 0 aliphatic heterocycles. The molecule has 0 aliphatic carbocycles. The molecule has 10 nitrogen and oxygen atoms in total. The van der Waals surface area contributed by atoms with Crippen LogP contribution in [-0.2, 0) is 16.1 Å². The lowest BCUT2D eigenvalue weighted by Gasteiger charge is -2.27. The minimum absolute atomic E-state index is 0.0232. The Morgan fingerprint density at radius 3 is 2.41 bits per heavy atom. The molecule has 0 bridgehead atoms. The van der Waals surface area contributed by atoms with Crippen LogP contribution in [0.15, 0.2) is 59.6 Å². The Labute approximate surface area is 212 Å². The second-order valence-corrected chi connectivity index (χ2v) is 8.83. The topological polar surface area (TPSA) is 164 Å². The molecule has 0 aromatic heterocycles. The maximum atomic E-state index is 12.7. The van der Waals surface area contributed by atoms with Gasteiger partial charge in [0.05, 0.1) is 6.04 Å². The Morgan fingerprint density at radius 2 is 1.76 bits per heavy atom. The zero-order chi connectivity index (χ0) is 24.9. The maximum Gasteiger partial charge on any atom is 0.408 e. The second kappa shape index (κ2) is 14.3. The lowest BCUT2D eigenvalue weighted by atomic mass is 10.1. The molecule has 0 radical (unpaired) electrons. The van der Waals surface area contributed by atoms with Gasteiger partial charge in [-0.25, -0.2) is 4.79 Å². The zero-order valence-electron chi connectivity index (χ0n) is 18.9. The fourth-order valence-corrected chi connectivity index (χ4v) is 3.32. The molecule has 0 heterocycles. The molecule has 2 aromatic rings. The average molecular weight is 582 g/mol. The number of hydrogen-bond acceptors (Lipinski definition) is 6. The summed E-state index contributed by atoms with van der Waals surface area (Å²) in [6.07, 6.45) is -0.879. The molecular formula is C23H31IN6O4. The number of halogens is 1. The van der Waals surface area contributed by atoms with Crippen molar-refractivity contribution in [3.05, 3.63) is 63.7 Å². The van der Waals surface area contributed by atoms with Crippen LogP contribution in [0, 0.1) is 3.57 Å². The van der Waals surface area contributed by atoms with Gasteiger partial charge < -0.3 is 37.3 Å². The van der Waals surface area contributed by atoms with Gasteiger partial charge in [-0.1, -0.05) is 30.3 Å². The van der Waals surface area contributed by atoms with Crippen LogP contribution >= 0.6 is 22.6 Å². The Morgan fingerprint density at radius 1 is 1.09 bits per heavy atom. The number of nitrogens with two attached hydrogens (primary N) is 2. The van der Waals surface area contributed by atoms with E-state index in [1.807, 2.05) is 54.6 Å². The van der Waals surface area contributed by atoms with E-state index in [0.29, 0.717) is 25.1 Å². The fourth-order valence-electron chi connectivity index (χ4n) is 2.96. The number of benzene rings is 2. The number of anilines is 1. The number of nitrogens with one attached hydrogen (secondary N) is 3. The summed E-state index contributed by atoms with van der Waals surface area (Å²) in [5, 5.41) is 19.0. The third-order valence-electron chi connectivity index (χ3n) is 4.78. The zero-order valence-corrected chi connectivity index (χ0v) is 21.1. The number of aliphatic hydroxyl groups excluding tert-OH is 1. The van der Waals surface area contributed by atoms with E-state index < -0.39 is 30.3 Å². The first-order chi connectivity index (χ1) is 16.2. The lowest BCUT2D eigenvalue weighted by molar-refractivity contribution is -0.124. The molecule has 184 valence electrons. The van der Waals surface area contributed by atoms with E-state index in [2.05, 4.69) is 43.5 Å². The van der Waals surface area contributed by atoms with Crippen molar-refractivity contribution in [2.75, 3.05) is 11.9 Å². The number of aliphatic imine (C=N–C) groups is 1. The number of alkyl carbamates (subject to hydrolysis) is 1. The van der Waals surface area contributed by atoms with E-state index in [1.54, 1.807) is 0 Å². The standard InChI is InChI=1S/C23H31IN6O4/c1-15(28-23(33)34-14-16-6-3-2-4-7-16)20(31)30-19(8-5-13-27-22(25)26)21(32)29-18-11-9-17(24)10-12-18/h2-4,6-7,9-12,15,19,21,29,32H,5,8,13-14H2,1H3,(H,28,33)(H,30,31)(H4,25,26,27)/t15-,19-,21?/m0/s1. The predicted molar refractivity (Wildman–Crippen MR) is 140 cm³/mol. The van der Waals surface area contributed by atoms with Crippen molar-refractivity contribution in [2.24, 2.45) is 16.5 Å². The molecule has 1 unspecified atom stereocenters. The minimum Gasteiger partial charge on any atom is -0.445 e. The number of carbonyl (C=O) groups excluding carboxylic acids is 2. The first-order valence-corrected chi connectivity index (χ1v) is 11.9. The number of carbonyl (C=O) groups is 2. The van der Waals surface area contributed by atoms with Gasteiger partial charge in [-0.3, -0.25) is 9.79 Å². The minimum atomic E-state index is -1.08. The van der Waals surface area contributed by atoms with Crippen LogP contribution < -0.4 is 27.4 Å². The smallest absolute Gasteiger partial charge is 0.408 e. The quantitative estimate of drug-likeness (QED) is 0.0732. The molecule has 0 spiro atoms. The summed E-state index contributed by atoms with van der Waals surface area (Å²) in [6.45, 7) is 1.98. The SMILES string of the molecule is C[C@H](NC(=O)OCc1ccccc1)C(=O)N[C@@H](CCCN=C(N)N)C(O)Nc1ccc(I)cc1. The third kappa shape index (κ3) is 10.3. The van der Waals surface area contributed by atoms with Gasteiger partial charge in [0.15, 0.2) is 5.96 Å². The van der Waals surface area contributed by atoms with Gasteiger partial charge >= 0.3 is 6.09 Å². The molecule has 0 fully saturated rings. The van der Waals surface area contributed by atoms with Crippen molar-refractivity contribution >= 4 is 46.2 Å². The molecule has 8 N–H and O–H groups in total. The van der Waals surface area contributed by atoms with Crippen molar-refractivity contribution in [1.29, 1.82) is 0 Å². The molecule has 0 aliphatic rings. The first kappa shape index (κ1) is 27.2. The van der Waals surface area contributed by atoms with E-state index in [4.69, 9.17) is 16.2 Å². The van der Waals surface area contributed by atoms with E-state index >= 15 is 0 Å². The summed E-state index contributed by atoms with van der Waals surface area (Å²) in [6, 6.07) is 15.1. The van der Waals surface area contributed by atoms with Gasteiger partial charge in [-0.15, -0.1) is 0 Å². The first-order valence-electron chi connectivity index (χ1n) is 10.8. The molecule has 2 amide bonds. The van der Waals surface area contributed by atoms with Crippen molar-refractivity contribution in [2.45, 2.75) is 44.7 Å². The van der Waals surface area contributed by atoms with Crippen molar-refractivity contribution in [3.8, 4) is 0 Å². The van der Waals surface area contributed by atoms with E-state index in [-0.39, 0.29) is 12.6 Å². The Balaban J connectivity index is 1.92. The van der Waals surface area contributed by atoms with Gasteiger partial charge in [-0.05, 0) is 72.2 Å². The number of nitrogens with zero attached hydrogens (tertiary/aromatic N) is 1. The highest BCUT2D eigenvalue weighted by molar-refractivity contribution is 14.1. The summed E-state index contributed by atoms with van der Waals surface area (Å²) in [5.74, 6) is -0.489. The van der Waals surface area contributed by atoms with Gasteiger partial charge in [0.1, 0.15) is 18.9 Å². The number of aliphatic hydroxyl groups is 1. The van der Waals surface area contributed by atoms with Crippen LogP contribution in [0.3, 0.4) is 0 Å². The normalized spacial score (nSPS) is 13.1. The summed E-state index contributed by atoms with van der Waals surface area (Å²) < 4.78 is 6.22. The number of rotatable bonds is 12. The number of amides is 2. The summed E-state index contributed by atoms with van der Waals surface area (Å²) >= 11 is 2.19. The van der Waals surface area contributed by atoms with Crippen molar-refractivity contribution in [3.63, 3.8) is 0 Å². The average Bonchev–Trinajstić information content (AvgIpc) is 2.81. The second-order valence-electron chi connectivity index (χ2n) is 7.59. The summed E-state index contributed by atoms with van der Waals surface area (Å²) in [7, 11) is 0. The molecule has 0 saturated heterocycles. The molecule has 34 heavy (non-hydrogen) atoms. The molecule has 11 heteroatoms. The van der Waals surface area contributed by atoms with Crippen LogP contribution in [0.1, 0.15) is 25.3 Å². The van der Waals surface area contributed by atoms with Gasteiger partial charge in [0.2, 0.25) is 5.91 Å². The molecule has 0 saturated carbocycles. The number of guanidine groups is 1. The van der Waals surface area contributed by atoms with E-state index in [0.717, 1.165) is 9.13 Å². The van der Waals surface area contributed by atoms with Crippen LogP contribution in [0.5, 0.6) is 0 Å². The van der Waals surface area contributed by atoms with Gasteiger partial charge in [0, 0.05) is 15.8 Å². The van der Waals surface area contributed by atoms with Crippen molar-refractivity contribution in [1.82, 2.24) is 10.6 Å². The number of hydrogen-bond donors (Lipinski definition) is 6. The Bertz CT molecular complexity index is 938. The van der Waals surface area contributed by atoms with Gasteiger partial charge in [-0.2, -0.15) is 0 Å². The van der Waals surface area contributed by atoms with Crippen LogP contribution in [-0.4, -0.2) is 47.9 Å². The summed E-state index contributed by atoms with van der Waals surface area (Å²) in [5.41, 5.74) is 12.2. The van der Waals surface area contributed by atoms with E-state index in [1.165, 1.54) is 6.92 Å². The summed E-state index contributed by atoms with van der Waals surface area (Å²) in [4.78, 5) is 28.7.